The number of ether oxygens (including phenoxy) is 1. The Kier molecular flexibility index (Phi) is 4.75. The van der Waals surface area contributed by atoms with Gasteiger partial charge in [0.05, 0.1) is 17.0 Å². The molecule has 1 aromatic carbocycles. The molecular weight excluding hydrogens is 434 g/mol. The highest BCUT2D eigenvalue weighted by molar-refractivity contribution is 5.76. The summed E-state index contributed by atoms with van der Waals surface area (Å²) in [6, 6.07) is 12.1. The predicted octanol–water partition coefficient (Wildman–Crippen LogP) is 2.73. The third-order valence-corrected chi connectivity index (χ3v) is 6.00. The Labute approximate surface area is 195 Å². The first-order valence-electron chi connectivity index (χ1n) is 11.0. The molecule has 0 spiro atoms. The molecule has 0 unspecified atom stereocenters. The van der Waals surface area contributed by atoms with Crippen LogP contribution in [-0.2, 0) is 13.7 Å². The predicted molar refractivity (Wildman–Crippen MR) is 123 cm³/mol. The highest BCUT2D eigenvalue weighted by Gasteiger charge is 2.33. The maximum absolute atomic E-state index is 5.84. The molecule has 1 aliphatic heterocycles. The number of para-hydroxylation sites is 2. The third-order valence-electron chi connectivity index (χ3n) is 6.00. The molecule has 0 aliphatic carbocycles. The lowest BCUT2D eigenvalue weighted by Gasteiger charge is -2.39. The van der Waals surface area contributed by atoms with Crippen molar-refractivity contribution < 1.29 is 9.26 Å². The molecule has 0 atom stereocenters. The van der Waals surface area contributed by atoms with Gasteiger partial charge in [-0.25, -0.2) is 9.97 Å². The summed E-state index contributed by atoms with van der Waals surface area (Å²) in [6.45, 7) is 5.54. The lowest BCUT2D eigenvalue weighted by atomic mass is 9.99. The average molecular weight is 457 g/mol. The molecule has 34 heavy (non-hydrogen) atoms. The Hall–Kier alpha value is -4.28. The molecule has 1 saturated heterocycles. The standard InChI is InChI=1S/C23H23N9O2/c1-14-24-15(2)32(28-14)21-10-20(26-23(27-21)33-13-17-8-9-34-29-17)31-11-16(12-31)22-25-18-6-4-5-7-19(18)30(22)3/h4-10,16H,11-13H2,1-3H3. The number of fused-ring (bicyclic) bond motifs is 1. The summed E-state index contributed by atoms with van der Waals surface area (Å²) in [7, 11) is 2.07. The second-order valence-electron chi connectivity index (χ2n) is 8.38. The quantitative estimate of drug-likeness (QED) is 0.380. The summed E-state index contributed by atoms with van der Waals surface area (Å²) in [4.78, 5) is 20.7. The average Bonchev–Trinajstić information content (AvgIpc) is 3.52. The first-order chi connectivity index (χ1) is 16.5. The first-order valence-corrected chi connectivity index (χ1v) is 11.0. The Bertz CT molecular complexity index is 1470. The normalized spacial score (nSPS) is 14.0. The van der Waals surface area contributed by atoms with E-state index in [0.29, 0.717) is 23.3 Å². The van der Waals surface area contributed by atoms with Crippen LogP contribution < -0.4 is 9.64 Å². The number of rotatable bonds is 6. The number of nitrogens with zero attached hydrogens (tertiary/aromatic N) is 9. The lowest BCUT2D eigenvalue weighted by Crippen LogP contribution is -2.46. The maximum atomic E-state index is 5.84. The molecule has 1 fully saturated rings. The van der Waals surface area contributed by atoms with Crippen LogP contribution in [0.25, 0.3) is 16.9 Å². The molecular formula is C23H23N9O2. The van der Waals surface area contributed by atoms with Crippen molar-refractivity contribution in [1.29, 1.82) is 0 Å². The van der Waals surface area contributed by atoms with Crippen LogP contribution >= 0.6 is 0 Å². The summed E-state index contributed by atoms with van der Waals surface area (Å²) in [5.74, 6) is 4.18. The van der Waals surface area contributed by atoms with E-state index < -0.39 is 0 Å². The van der Waals surface area contributed by atoms with Crippen molar-refractivity contribution in [2.24, 2.45) is 7.05 Å². The third kappa shape index (κ3) is 3.54. The summed E-state index contributed by atoms with van der Waals surface area (Å²) in [5.41, 5.74) is 2.82. The van der Waals surface area contributed by atoms with Crippen LogP contribution in [0.4, 0.5) is 5.82 Å². The molecule has 11 heteroatoms. The van der Waals surface area contributed by atoms with E-state index in [1.807, 2.05) is 38.1 Å². The highest BCUT2D eigenvalue weighted by Crippen LogP contribution is 2.33. The molecule has 6 rings (SSSR count). The van der Waals surface area contributed by atoms with E-state index in [1.54, 1.807) is 10.7 Å². The van der Waals surface area contributed by atoms with E-state index in [4.69, 9.17) is 14.2 Å². The van der Waals surface area contributed by atoms with Crippen molar-refractivity contribution in [3.63, 3.8) is 0 Å². The van der Waals surface area contributed by atoms with Crippen LogP contribution in [0.2, 0.25) is 0 Å². The fourth-order valence-electron chi connectivity index (χ4n) is 4.28. The Morgan fingerprint density at radius 1 is 1.03 bits per heavy atom. The van der Waals surface area contributed by atoms with Gasteiger partial charge in [-0.1, -0.05) is 17.3 Å². The molecule has 172 valence electrons. The number of hydrogen-bond acceptors (Lipinski definition) is 9. The fraction of sp³-hybridized carbons (Fsp3) is 0.304. The number of aromatic nitrogens is 8. The molecule has 0 bridgehead atoms. The SMILES string of the molecule is Cc1nc(C)n(-c2cc(N3CC(c4nc5ccccc5n4C)C3)nc(OCc3ccon3)n2)n1. The van der Waals surface area contributed by atoms with Crippen molar-refractivity contribution >= 4 is 16.9 Å². The minimum atomic E-state index is 0.206. The van der Waals surface area contributed by atoms with Crippen LogP contribution in [0, 0.1) is 13.8 Å². The van der Waals surface area contributed by atoms with Gasteiger partial charge in [-0.3, -0.25) is 0 Å². The second kappa shape index (κ2) is 7.94. The number of imidazole rings is 1. The van der Waals surface area contributed by atoms with Crippen molar-refractivity contribution in [1.82, 2.24) is 39.4 Å². The van der Waals surface area contributed by atoms with Crippen molar-refractivity contribution in [3.05, 3.63) is 65.8 Å². The first kappa shape index (κ1) is 20.3. The fourth-order valence-corrected chi connectivity index (χ4v) is 4.28. The Morgan fingerprint density at radius 3 is 2.59 bits per heavy atom. The summed E-state index contributed by atoms with van der Waals surface area (Å²) < 4.78 is 14.6. The van der Waals surface area contributed by atoms with Gasteiger partial charge in [0.15, 0.2) is 5.82 Å². The molecule has 5 aromatic rings. The lowest BCUT2D eigenvalue weighted by molar-refractivity contribution is 0.266. The van der Waals surface area contributed by atoms with Crippen LogP contribution in [0.1, 0.15) is 29.1 Å². The number of hydrogen-bond donors (Lipinski definition) is 0. The largest absolute Gasteiger partial charge is 0.457 e. The van der Waals surface area contributed by atoms with Gasteiger partial charge in [-0.2, -0.15) is 14.6 Å². The molecule has 0 N–H and O–H groups in total. The van der Waals surface area contributed by atoms with Gasteiger partial charge in [-0.05, 0) is 26.0 Å². The zero-order valence-corrected chi connectivity index (χ0v) is 19.1. The smallest absolute Gasteiger partial charge is 0.320 e. The Morgan fingerprint density at radius 2 is 1.85 bits per heavy atom. The van der Waals surface area contributed by atoms with Gasteiger partial charge < -0.3 is 18.7 Å². The van der Waals surface area contributed by atoms with E-state index in [-0.39, 0.29) is 12.6 Å². The van der Waals surface area contributed by atoms with Gasteiger partial charge in [0.1, 0.15) is 41.9 Å². The van der Waals surface area contributed by atoms with Crippen molar-refractivity contribution in [3.8, 4) is 11.8 Å². The minimum Gasteiger partial charge on any atom is -0.457 e. The van der Waals surface area contributed by atoms with E-state index >= 15 is 0 Å². The van der Waals surface area contributed by atoms with Gasteiger partial charge >= 0.3 is 6.01 Å². The molecule has 11 nitrogen and oxygen atoms in total. The van der Waals surface area contributed by atoms with E-state index in [9.17, 15) is 0 Å². The zero-order valence-electron chi connectivity index (χ0n) is 19.1. The van der Waals surface area contributed by atoms with Crippen molar-refractivity contribution in [2.75, 3.05) is 18.0 Å². The van der Waals surface area contributed by atoms with Crippen LogP contribution in [0.3, 0.4) is 0 Å². The van der Waals surface area contributed by atoms with Crippen LogP contribution in [0.5, 0.6) is 6.01 Å². The summed E-state index contributed by atoms with van der Waals surface area (Å²) >= 11 is 0. The molecule has 0 radical (unpaired) electrons. The van der Waals surface area contributed by atoms with Crippen LogP contribution in [0.15, 0.2) is 47.2 Å². The van der Waals surface area contributed by atoms with Gasteiger partial charge in [0.25, 0.3) is 0 Å². The highest BCUT2D eigenvalue weighted by atomic mass is 16.5. The number of anilines is 1. The molecule has 0 amide bonds. The summed E-state index contributed by atoms with van der Waals surface area (Å²) in [5, 5.41) is 8.36. The minimum absolute atomic E-state index is 0.206. The Balaban J connectivity index is 1.28. The molecule has 0 saturated carbocycles. The van der Waals surface area contributed by atoms with E-state index in [2.05, 4.69) is 47.8 Å². The van der Waals surface area contributed by atoms with Gasteiger partial charge in [0, 0.05) is 32.3 Å². The summed E-state index contributed by atoms with van der Waals surface area (Å²) in [6.07, 6.45) is 1.50. The molecule has 5 heterocycles. The number of benzene rings is 1. The number of aryl methyl sites for hydroxylation is 3. The van der Waals surface area contributed by atoms with E-state index in [0.717, 1.165) is 41.6 Å². The molecule has 1 aliphatic rings. The van der Waals surface area contributed by atoms with Crippen LogP contribution in [-0.4, -0.2) is 52.5 Å². The van der Waals surface area contributed by atoms with Gasteiger partial charge in [0.2, 0.25) is 0 Å². The maximum Gasteiger partial charge on any atom is 0.320 e. The molecule has 4 aromatic heterocycles. The second-order valence-corrected chi connectivity index (χ2v) is 8.38. The topological polar surface area (TPSA) is 113 Å². The van der Waals surface area contributed by atoms with E-state index in [1.165, 1.54) is 6.26 Å². The monoisotopic (exact) mass is 457 g/mol. The van der Waals surface area contributed by atoms with Gasteiger partial charge in [-0.15, -0.1) is 5.10 Å². The van der Waals surface area contributed by atoms with Crippen molar-refractivity contribution in [2.45, 2.75) is 26.4 Å². The zero-order chi connectivity index (χ0) is 23.2.